The standard InChI is InChI=1S/C13H15BrO3/c1-2-17-12(16)9-8-11(15)13(14)10-6-4-3-5-7-10/h3-9,11,13,15H,2H2,1H3/b9-8+/t11-,13-/m0/s1. The molecule has 0 aliphatic heterocycles. The van der Waals surface area contributed by atoms with E-state index in [1.165, 1.54) is 12.2 Å². The number of hydrogen-bond acceptors (Lipinski definition) is 3. The van der Waals surface area contributed by atoms with E-state index in [1.54, 1.807) is 6.92 Å². The average Bonchev–Trinajstić information content (AvgIpc) is 2.36. The number of alkyl halides is 1. The first-order valence-corrected chi connectivity index (χ1v) is 6.28. The molecule has 0 amide bonds. The summed E-state index contributed by atoms with van der Waals surface area (Å²) in [6, 6.07) is 9.50. The van der Waals surface area contributed by atoms with E-state index in [9.17, 15) is 9.90 Å². The third-order valence-corrected chi connectivity index (χ3v) is 3.20. The Balaban J connectivity index is 2.59. The molecular formula is C13H15BrO3. The minimum atomic E-state index is -0.776. The quantitative estimate of drug-likeness (QED) is 0.516. The number of halogens is 1. The van der Waals surface area contributed by atoms with Crippen LogP contribution in [0.4, 0.5) is 0 Å². The Hall–Kier alpha value is -1.13. The Bertz CT molecular complexity index is 376. The van der Waals surface area contributed by atoms with Crippen molar-refractivity contribution in [3.8, 4) is 0 Å². The maximum Gasteiger partial charge on any atom is 0.330 e. The molecule has 1 aromatic carbocycles. The first kappa shape index (κ1) is 13.9. The van der Waals surface area contributed by atoms with Gasteiger partial charge < -0.3 is 9.84 Å². The van der Waals surface area contributed by atoms with Crippen LogP contribution in [0.2, 0.25) is 0 Å². The Morgan fingerprint density at radius 3 is 2.71 bits per heavy atom. The van der Waals surface area contributed by atoms with Gasteiger partial charge in [0.05, 0.1) is 17.5 Å². The summed E-state index contributed by atoms with van der Waals surface area (Å²) < 4.78 is 4.73. The van der Waals surface area contributed by atoms with Gasteiger partial charge in [0.2, 0.25) is 0 Å². The van der Waals surface area contributed by atoms with Crippen LogP contribution in [0.3, 0.4) is 0 Å². The van der Waals surface area contributed by atoms with Gasteiger partial charge in [-0.1, -0.05) is 46.3 Å². The summed E-state index contributed by atoms with van der Waals surface area (Å²) in [6.45, 7) is 2.06. The van der Waals surface area contributed by atoms with Crippen LogP contribution < -0.4 is 0 Å². The number of rotatable bonds is 5. The summed E-state index contributed by atoms with van der Waals surface area (Å²) in [7, 11) is 0. The van der Waals surface area contributed by atoms with Crippen molar-refractivity contribution in [3.05, 3.63) is 48.0 Å². The largest absolute Gasteiger partial charge is 0.463 e. The van der Waals surface area contributed by atoms with Crippen LogP contribution in [0.5, 0.6) is 0 Å². The molecular weight excluding hydrogens is 284 g/mol. The molecule has 0 unspecified atom stereocenters. The van der Waals surface area contributed by atoms with Crippen molar-refractivity contribution < 1.29 is 14.6 Å². The Morgan fingerprint density at radius 2 is 2.12 bits per heavy atom. The van der Waals surface area contributed by atoms with Crippen LogP contribution >= 0.6 is 15.9 Å². The lowest BCUT2D eigenvalue weighted by Gasteiger charge is -2.13. The zero-order valence-corrected chi connectivity index (χ0v) is 11.1. The van der Waals surface area contributed by atoms with Gasteiger partial charge in [0.25, 0.3) is 0 Å². The molecule has 1 aromatic rings. The van der Waals surface area contributed by atoms with Crippen LogP contribution in [0, 0.1) is 0 Å². The van der Waals surface area contributed by atoms with Crippen molar-refractivity contribution in [3.63, 3.8) is 0 Å². The zero-order valence-electron chi connectivity index (χ0n) is 9.54. The molecule has 0 spiro atoms. The molecule has 2 atom stereocenters. The third-order valence-electron chi connectivity index (χ3n) is 2.13. The number of esters is 1. The highest BCUT2D eigenvalue weighted by Gasteiger charge is 2.15. The molecule has 1 rings (SSSR count). The van der Waals surface area contributed by atoms with Crippen LogP contribution in [-0.2, 0) is 9.53 Å². The molecule has 17 heavy (non-hydrogen) atoms. The van der Waals surface area contributed by atoms with Crippen LogP contribution in [-0.4, -0.2) is 23.8 Å². The van der Waals surface area contributed by atoms with Gasteiger partial charge in [-0.15, -0.1) is 0 Å². The molecule has 0 aliphatic carbocycles. The first-order chi connectivity index (χ1) is 8.15. The van der Waals surface area contributed by atoms with E-state index in [2.05, 4.69) is 15.9 Å². The van der Waals surface area contributed by atoms with E-state index in [-0.39, 0.29) is 4.83 Å². The summed E-state index contributed by atoms with van der Waals surface area (Å²) in [4.78, 5) is 10.8. The zero-order chi connectivity index (χ0) is 12.7. The summed E-state index contributed by atoms with van der Waals surface area (Å²) >= 11 is 3.39. The van der Waals surface area contributed by atoms with Gasteiger partial charge in [0, 0.05) is 6.08 Å². The molecule has 3 nitrogen and oxygen atoms in total. The molecule has 0 aliphatic rings. The SMILES string of the molecule is CCOC(=O)/C=C/[C@H](O)[C@@H](Br)c1ccccc1. The minimum Gasteiger partial charge on any atom is -0.463 e. The van der Waals surface area contributed by atoms with Crippen LogP contribution in [0.15, 0.2) is 42.5 Å². The van der Waals surface area contributed by atoms with E-state index >= 15 is 0 Å². The predicted octanol–water partition coefficient (Wildman–Crippen LogP) is 2.60. The number of aliphatic hydroxyl groups is 1. The minimum absolute atomic E-state index is 0.241. The van der Waals surface area contributed by atoms with Crippen molar-refractivity contribution >= 4 is 21.9 Å². The monoisotopic (exact) mass is 298 g/mol. The van der Waals surface area contributed by atoms with Crippen molar-refractivity contribution in [1.82, 2.24) is 0 Å². The maximum atomic E-state index is 11.1. The fourth-order valence-electron chi connectivity index (χ4n) is 1.30. The van der Waals surface area contributed by atoms with Gasteiger partial charge in [-0.25, -0.2) is 4.79 Å². The molecule has 0 saturated heterocycles. The topological polar surface area (TPSA) is 46.5 Å². The molecule has 1 N–H and O–H groups in total. The highest BCUT2D eigenvalue weighted by atomic mass is 79.9. The Kier molecular flexibility index (Phi) is 5.94. The number of carbonyl (C=O) groups is 1. The lowest BCUT2D eigenvalue weighted by Crippen LogP contribution is -2.11. The lowest BCUT2D eigenvalue weighted by atomic mass is 10.1. The molecule has 0 fully saturated rings. The van der Waals surface area contributed by atoms with E-state index < -0.39 is 12.1 Å². The molecule has 0 saturated carbocycles. The van der Waals surface area contributed by atoms with Crippen molar-refractivity contribution in [2.24, 2.45) is 0 Å². The first-order valence-electron chi connectivity index (χ1n) is 5.37. The van der Waals surface area contributed by atoms with Gasteiger partial charge in [0.15, 0.2) is 0 Å². The summed E-state index contributed by atoms with van der Waals surface area (Å²) in [5, 5.41) is 9.85. The highest BCUT2D eigenvalue weighted by Crippen LogP contribution is 2.26. The van der Waals surface area contributed by atoms with Crippen molar-refractivity contribution in [2.75, 3.05) is 6.61 Å². The second-order valence-corrected chi connectivity index (χ2v) is 4.40. The van der Waals surface area contributed by atoms with Crippen molar-refractivity contribution in [2.45, 2.75) is 17.9 Å². The summed E-state index contributed by atoms with van der Waals surface area (Å²) in [5.74, 6) is -0.445. The number of benzene rings is 1. The van der Waals surface area contributed by atoms with Crippen LogP contribution in [0.25, 0.3) is 0 Å². The fraction of sp³-hybridized carbons (Fsp3) is 0.308. The smallest absolute Gasteiger partial charge is 0.330 e. The van der Waals surface area contributed by atoms with E-state index in [0.717, 1.165) is 5.56 Å². The van der Waals surface area contributed by atoms with Gasteiger partial charge in [-0.2, -0.15) is 0 Å². The maximum absolute atomic E-state index is 11.1. The second-order valence-electron chi connectivity index (χ2n) is 3.41. The summed E-state index contributed by atoms with van der Waals surface area (Å²) in [5.41, 5.74) is 0.952. The number of aliphatic hydroxyl groups excluding tert-OH is 1. The van der Waals surface area contributed by atoms with Gasteiger partial charge >= 0.3 is 5.97 Å². The van der Waals surface area contributed by atoms with E-state index in [0.29, 0.717) is 6.61 Å². The normalized spacial score (nSPS) is 14.5. The molecule has 0 radical (unpaired) electrons. The number of hydrogen-bond donors (Lipinski definition) is 1. The van der Waals surface area contributed by atoms with E-state index in [1.807, 2.05) is 30.3 Å². The number of ether oxygens (including phenoxy) is 1. The third kappa shape index (κ3) is 4.71. The van der Waals surface area contributed by atoms with Crippen LogP contribution in [0.1, 0.15) is 17.3 Å². The van der Waals surface area contributed by atoms with Gasteiger partial charge in [-0.05, 0) is 18.6 Å². The second kappa shape index (κ2) is 7.25. The molecule has 0 heterocycles. The summed E-state index contributed by atoms with van der Waals surface area (Å²) in [6.07, 6.45) is 1.89. The lowest BCUT2D eigenvalue weighted by molar-refractivity contribution is -0.137. The van der Waals surface area contributed by atoms with Gasteiger partial charge in [0.1, 0.15) is 0 Å². The predicted molar refractivity (Wildman–Crippen MR) is 69.9 cm³/mol. The van der Waals surface area contributed by atoms with Crippen molar-refractivity contribution in [1.29, 1.82) is 0 Å². The Labute approximate surface area is 109 Å². The number of carbonyl (C=O) groups excluding carboxylic acids is 1. The molecule has 4 heteroatoms. The molecule has 0 bridgehead atoms. The highest BCUT2D eigenvalue weighted by molar-refractivity contribution is 9.09. The van der Waals surface area contributed by atoms with Gasteiger partial charge in [-0.3, -0.25) is 0 Å². The van der Waals surface area contributed by atoms with E-state index in [4.69, 9.17) is 4.74 Å². The Morgan fingerprint density at radius 1 is 1.47 bits per heavy atom. The molecule has 92 valence electrons. The molecule has 0 aromatic heterocycles. The fourth-order valence-corrected chi connectivity index (χ4v) is 1.78. The average molecular weight is 299 g/mol.